The Hall–Kier alpha value is -2.93. The Bertz CT molecular complexity index is 1170. The molecule has 3 aromatic rings. The van der Waals surface area contributed by atoms with Crippen molar-refractivity contribution in [2.24, 2.45) is 0 Å². The Balaban J connectivity index is 1.61. The molecule has 0 bridgehead atoms. The first-order chi connectivity index (χ1) is 14.9. The standard InChI is InChI=1S/C23H15Cl2FN2O2S/c24-15-7-6-14(20(26)13-15)12-19-21(25)27-23(31)28(22(19)29)16-8-10-18(11-9-16)30-17-4-2-1-3-5-17/h1-13,21H,(H,27,31). The van der Waals surface area contributed by atoms with E-state index in [1.54, 1.807) is 24.3 Å². The maximum absolute atomic E-state index is 14.2. The summed E-state index contributed by atoms with van der Waals surface area (Å²) in [7, 11) is 0. The molecule has 1 aliphatic rings. The molecule has 1 unspecified atom stereocenters. The van der Waals surface area contributed by atoms with Crippen molar-refractivity contribution in [1.82, 2.24) is 5.32 Å². The Morgan fingerprint density at radius 1 is 1.03 bits per heavy atom. The van der Waals surface area contributed by atoms with Crippen LogP contribution in [0, 0.1) is 5.82 Å². The first-order valence-corrected chi connectivity index (χ1v) is 10.4. The van der Waals surface area contributed by atoms with Crippen molar-refractivity contribution in [3.8, 4) is 11.5 Å². The van der Waals surface area contributed by atoms with Crippen LogP contribution in [0.5, 0.6) is 11.5 Å². The van der Waals surface area contributed by atoms with E-state index in [-0.39, 0.29) is 21.3 Å². The molecule has 0 aromatic heterocycles. The minimum atomic E-state index is -0.896. The van der Waals surface area contributed by atoms with Gasteiger partial charge in [0.05, 0.1) is 11.3 Å². The minimum Gasteiger partial charge on any atom is -0.457 e. The van der Waals surface area contributed by atoms with Crippen molar-refractivity contribution in [1.29, 1.82) is 0 Å². The van der Waals surface area contributed by atoms with E-state index in [4.69, 9.17) is 40.2 Å². The molecular formula is C23H15Cl2FN2O2S. The van der Waals surface area contributed by atoms with Crippen LogP contribution < -0.4 is 15.0 Å². The van der Waals surface area contributed by atoms with Gasteiger partial charge in [-0.05, 0) is 66.8 Å². The highest BCUT2D eigenvalue weighted by Gasteiger charge is 2.34. The number of nitrogens with one attached hydrogen (secondary N) is 1. The van der Waals surface area contributed by atoms with Crippen LogP contribution in [0.1, 0.15) is 5.56 Å². The van der Waals surface area contributed by atoms with Gasteiger partial charge in [-0.25, -0.2) is 4.39 Å². The van der Waals surface area contributed by atoms with Crippen LogP contribution in [-0.2, 0) is 4.79 Å². The zero-order chi connectivity index (χ0) is 22.0. The molecule has 1 saturated heterocycles. The van der Waals surface area contributed by atoms with Crippen LogP contribution in [0.3, 0.4) is 0 Å². The summed E-state index contributed by atoms with van der Waals surface area (Å²) in [4.78, 5) is 14.5. The molecule has 1 heterocycles. The Morgan fingerprint density at radius 3 is 2.39 bits per heavy atom. The van der Waals surface area contributed by atoms with Gasteiger partial charge in [-0.15, -0.1) is 0 Å². The van der Waals surface area contributed by atoms with Crippen molar-refractivity contribution in [2.45, 2.75) is 5.50 Å². The van der Waals surface area contributed by atoms with Crippen molar-refractivity contribution in [3.63, 3.8) is 0 Å². The highest BCUT2D eigenvalue weighted by molar-refractivity contribution is 7.80. The fourth-order valence-corrected chi connectivity index (χ4v) is 3.81. The summed E-state index contributed by atoms with van der Waals surface area (Å²) in [5.74, 6) is 0.294. The topological polar surface area (TPSA) is 41.6 Å². The summed E-state index contributed by atoms with van der Waals surface area (Å²) in [6.07, 6.45) is 1.39. The summed E-state index contributed by atoms with van der Waals surface area (Å²) in [5, 5.41) is 3.28. The third-order valence-electron chi connectivity index (χ3n) is 4.52. The Labute approximate surface area is 193 Å². The van der Waals surface area contributed by atoms with E-state index >= 15 is 0 Å². The summed E-state index contributed by atoms with van der Waals surface area (Å²) in [6, 6.07) is 20.4. The molecule has 1 N–H and O–H groups in total. The number of alkyl halides is 1. The summed E-state index contributed by atoms with van der Waals surface area (Å²) >= 11 is 17.4. The molecule has 0 spiro atoms. The number of carbonyl (C=O) groups excluding carboxylic acids is 1. The molecule has 1 amide bonds. The lowest BCUT2D eigenvalue weighted by Gasteiger charge is -2.33. The first-order valence-electron chi connectivity index (χ1n) is 9.21. The van der Waals surface area contributed by atoms with Crippen LogP contribution in [-0.4, -0.2) is 16.5 Å². The number of halogens is 3. The van der Waals surface area contributed by atoms with Crippen LogP contribution in [0.25, 0.3) is 6.08 Å². The minimum absolute atomic E-state index is 0.149. The van der Waals surface area contributed by atoms with E-state index < -0.39 is 17.2 Å². The van der Waals surface area contributed by atoms with Gasteiger partial charge in [0.2, 0.25) is 0 Å². The number of rotatable bonds is 4. The zero-order valence-electron chi connectivity index (χ0n) is 15.9. The monoisotopic (exact) mass is 472 g/mol. The molecule has 1 atom stereocenters. The van der Waals surface area contributed by atoms with Gasteiger partial charge in [0.15, 0.2) is 5.11 Å². The average Bonchev–Trinajstić information content (AvgIpc) is 2.74. The molecular weight excluding hydrogens is 458 g/mol. The lowest BCUT2D eigenvalue weighted by molar-refractivity contribution is -0.114. The molecule has 0 saturated carbocycles. The average molecular weight is 473 g/mol. The number of ether oxygens (including phenoxy) is 1. The molecule has 1 aliphatic heterocycles. The normalized spacial score (nSPS) is 17.6. The molecule has 4 nitrogen and oxygen atoms in total. The lowest BCUT2D eigenvalue weighted by Crippen LogP contribution is -2.54. The predicted molar refractivity (Wildman–Crippen MR) is 125 cm³/mol. The third kappa shape index (κ3) is 4.71. The second kappa shape index (κ2) is 9.06. The number of thiocarbonyl (C=S) groups is 1. The maximum atomic E-state index is 14.2. The molecule has 8 heteroatoms. The first kappa shape index (κ1) is 21.3. The molecule has 3 aromatic carbocycles. The molecule has 0 aliphatic carbocycles. The largest absolute Gasteiger partial charge is 0.457 e. The maximum Gasteiger partial charge on any atom is 0.263 e. The molecule has 156 valence electrons. The van der Waals surface area contributed by atoms with E-state index in [0.29, 0.717) is 17.2 Å². The van der Waals surface area contributed by atoms with Crippen LogP contribution in [0.2, 0.25) is 5.02 Å². The number of amides is 1. The van der Waals surface area contributed by atoms with Crippen molar-refractivity contribution < 1.29 is 13.9 Å². The highest BCUT2D eigenvalue weighted by Crippen LogP contribution is 2.29. The Kier molecular flexibility index (Phi) is 6.23. The van der Waals surface area contributed by atoms with E-state index in [2.05, 4.69) is 5.32 Å². The van der Waals surface area contributed by atoms with E-state index in [1.807, 2.05) is 30.3 Å². The van der Waals surface area contributed by atoms with Gasteiger partial charge < -0.3 is 10.1 Å². The second-order valence-corrected chi connectivity index (χ2v) is 7.89. The second-order valence-electron chi connectivity index (χ2n) is 6.63. The molecule has 0 radical (unpaired) electrons. The van der Waals surface area contributed by atoms with Gasteiger partial charge in [0.1, 0.15) is 22.8 Å². The third-order valence-corrected chi connectivity index (χ3v) is 5.40. The van der Waals surface area contributed by atoms with Gasteiger partial charge in [0.25, 0.3) is 5.91 Å². The number of hydrogen-bond acceptors (Lipinski definition) is 3. The molecule has 1 fully saturated rings. The van der Waals surface area contributed by atoms with Gasteiger partial charge in [-0.2, -0.15) is 0 Å². The van der Waals surface area contributed by atoms with Gasteiger partial charge in [-0.3, -0.25) is 9.69 Å². The summed E-state index contributed by atoms with van der Waals surface area (Å²) in [6.45, 7) is 0. The van der Waals surface area contributed by atoms with E-state index in [0.717, 1.165) is 0 Å². The number of anilines is 1. The van der Waals surface area contributed by atoms with Crippen molar-refractivity contribution >= 4 is 58.2 Å². The Morgan fingerprint density at radius 2 is 1.71 bits per heavy atom. The van der Waals surface area contributed by atoms with Gasteiger partial charge in [-0.1, -0.05) is 47.5 Å². The SMILES string of the molecule is O=C1C(=Cc2ccc(Cl)cc2F)C(Cl)NC(=S)N1c1ccc(Oc2ccccc2)cc1. The van der Waals surface area contributed by atoms with E-state index in [1.165, 1.54) is 29.2 Å². The number of benzene rings is 3. The highest BCUT2D eigenvalue weighted by atomic mass is 35.5. The van der Waals surface area contributed by atoms with Gasteiger partial charge >= 0.3 is 0 Å². The molecule has 31 heavy (non-hydrogen) atoms. The van der Waals surface area contributed by atoms with Crippen LogP contribution >= 0.6 is 35.4 Å². The van der Waals surface area contributed by atoms with Crippen LogP contribution in [0.4, 0.5) is 10.1 Å². The fraction of sp³-hybridized carbons (Fsp3) is 0.0435. The smallest absolute Gasteiger partial charge is 0.263 e. The van der Waals surface area contributed by atoms with Crippen molar-refractivity contribution in [2.75, 3.05) is 4.90 Å². The van der Waals surface area contributed by atoms with Gasteiger partial charge in [0, 0.05) is 10.6 Å². The quantitative estimate of drug-likeness (QED) is 0.214. The summed E-state index contributed by atoms with van der Waals surface area (Å²) in [5.41, 5.74) is -0.0262. The number of hydrogen-bond donors (Lipinski definition) is 1. The summed E-state index contributed by atoms with van der Waals surface area (Å²) < 4.78 is 20.0. The number of nitrogens with zero attached hydrogens (tertiary/aromatic N) is 1. The van der Waals surface area contributed by atoms with Crippen LogP contribution in [0.15, 0.2) is 78.4 Å². The van der Waals surface area contributed by atoms with Crippen molar-refractivity contribution in [3.05, 3.63) is 94.8 Å². The molecule has 4 rings (SSSR count). The van der Waals surface area contributed by atoms with E-state index in [9.17, 15) is 9.18 Å². The zero-order valence-corrected chi connectivity index (χ0v) is 18.2. The number of carbonyl (C=O) groups is 1. The number of para-hydroxylation sites is 1. The lowest BCUT2D eigenvalue weighted by atomic mass is 10.1. The predicted octanol–water partition coefficient (Wildman–Crippen LogP) is 6.14. The fourth-order valence-electron chi connectivity index (χ4n) is 3.02.